The average molecular weight is 434 g/mol. The van der Waals surface area contributed by atoms with Gasteiger partial charge in [0.25, 0.3) is 5.91 Å². The van der Waals surface area contributed by atoms with E-state index in [-0.39, 0.29) is 11.9 Å². The third-order valence-electron chi connectivity index (χ3n) is 6.24. The van der Waals surface area contributed by atoms with Gasteiger partial charge in [-0.3, -0.25) is 9.69 Å². The first-order chi connectivity index (χ1) is 15.6. The van der Waals surface area contributed by atoms with Crippen LogP contribution in [-0.4, -0.2) is 71.5 Å². The summed E-state index contributed by atoms with van der Waals surface area (Å²) >= 11 is 0. The SMILES string of the molecule is CCCCN1C(=O)C2C(N=C3N(c4ccc(Oc5ccccc5)cc4)CCN32)N(C)C1=O. The molecule has 0 radical (unpaired) electrons. The topological polar surface area (TPSA) is 68.7 Å². The number of carbonyl (C=O) groups excluding carboxylic acids is 2. The fourth-order valence-electron chi connectivity index (χ4n) is 4.52. The maximum atomic E-state index is 13.2. The number of urea groups is 1. The number of hydrogen-bond donors (Lipinski definition) is 0. The van der Waals surface area contributed by atoms with Crippen LogP contribution in [0, 0.1) is 0 Å². The van der Waals surface area contributed by atoms with E-state index in [2.05, 4.69) is 11.8 Å². The molecule has 3 amide bonds. The van der Waals surface area contributed by atoms with Crippen molar-refractivity contribution in [2.24, 2.45) is 4.99 Å². The van der Waals surface area contributed by atoms with Gasteiger partial charge in [0, 0.05) is 32.4 Å². The largest absolute Gasteiger partial charge is 0.457 e. The second-order valence-electron chi connectivity index (χ2n) is 8.28. The number of amides is 3. The average Bonchev–Trinajstić information content (AvgIpc) is 3.39. The maximum absolute atomic E-state index is 13.2. The second-order valence-corrected chi connectivity index (χ2v) is 8.28. The summed E-state index contributed by atoms with van der Waals surface area (Å²) in [6, 6.07) is 16.8. The number of aliphatic imine (C=N–C) groups is 1. The van der Waals surface area contributed by atoms with E-state index in [4.69, 9.17) is 9.73 Å². The number of hydrogen-bond acceptors (Lipinski definition) is 6. The second kappa shape index (κ2) is 8.18. The van der Waals surface area contributed by atoms with E-state index in [1.807, 2.05) is 59.5 Å². The summed E-state index contributed by atoms with van der Waals surface area (Å²) in [6.45, 7) is 3.94. The molecular formula is C24H27N5O3. The number of rotatable bonds is 6. The first-order valence-corrected chi connectivity index (χ1v) is 11.1. The van der Waals surface area contributed by atoms with Crippen molar-refractivity contribution in [1.82, 2.24) is 14.7 Å². The molecule has 5 rings (SSSR count). The molecule has 0 spiro atoms. The van der Waals surface area contributed by atoms with Gasteiger partial charge in [-0.15, -0.1) is 0 Å². The summed E-state index contributed by atoms with van der Waals surface area (Å²) in [6.07, 6.45) is 1.25. The Labute approximate surface area is 187 Å². The predicted octanol–water partition coefficient (Wildman–Crippen LogP) is 3.36. The highest BCUT2D eigenvalue weighted by Crippen LogP contribution is 2.34. The molecule has 2 saturated heterocycles. The van der Waals surface area contributed by atoms with Crippen LogP contribution in [0.15, 0.2) is 59.6 Å². The number of anilines is 1. The van der Waals surface area contributed by atoms with Crippen molar-refractivity contribution < 1.29 is 14.3 Å². The highest BCUT2D eigenvalue weighted by Gasteiger charge is 2.54. The first kappa shape index (κ1) is 20.4. The molecule has 3 aliphatic rings. The van der Waals surface area contributed by atoms with Crippen molar-refractivity contribution in [3.05, 3.63) is 54.6 Å². The van der Waals surface area contributed by atoms with Gasteiger partial charge < -0.3 is 19.4 Å². The maximum Gasteiger partial charge on any atom is 0.328 e. The zero-order chi connectivity index (χ0) is 22.2. The minimum atomic E-state index is -0.480. The molecule has 2 unspecified atom stereocenters. The molecule has 32 heavy (non-hydrogen) atoms. The Morgan fingerprint density at radius 1 is 1.00 bits per heavy atom. The Morgan fingerprint density at radius 2 is 1.72 bits per heavy atom. The van der Waals surface area contributed by atoms with Crippen LogP contribution < -0.4 is 9.64 Å². The number of fused-ring (bicyclic) bond motifs is 3. The van der Waals surface area contributed by atoms with Gasteiger partial charge in [-0.25, -0.2) is 9.79 Å². The van der Waals surface area contributed by atoms with Crippen LogP contribution in [0.1, 0.15) is 19.8 Å². The van der Waals surface area contributed by atoms with Crippen LogP contribution in [0.4, 0.5) is 10.5 Å². The molecule has 0 bridgehead atoms. The molecule has 8 nitrogen and oxygen atoms in total. The summed E-state index contributed by atoms with van der Waals surface area (Å²) in [5.41, 5.74) is 0.981. The van der Waals surface area contributed by atoms with Crippen molar-refractivity contribution in [3.8, 4) is 11.5 Å². The molecule has 3 aliphatic heterocycles. The van der Waals surface area contributed by atoms with E-state index in [0.717, 1.165) is 42.5 Å². The quantitative estimate of drug-likeness (QED) is 0.699. The Morgan fingerprint density at radius 3 is 2.44 bits per heavy atom. The number of guanidine groups is 1. The third kappa shape index (κ3) is 3.36. The molecule has 0 aromatic heterocycles. The molecule has 2 aromatic carbocycles. The lowest BCUT2D eigenvalue weighted by molar-refractivity contribution is -0.137. The van der Waals surface area contributed by atoms with Crippen molar-refractivity contribution in [3.63, 3.8) is 0 Å². The van der Waals surface area contributed by atoms with E-state index in [9.17, 15) is 9.59 Å². The van der Waals surface area contributed by atoms with Crippen molar-refractivity contribution in [1.29, 1.82) is 0 Å². The van der Waals surface area contributed by atoms with Crippen molar-refractivity contribution in [2.45, 2.75) is 32.0 Å². The van der Waals surface area contributed by atoms with Crippen LogP contribution in [0.25, 0.3) is 0 Å². The fourth-order valence-corrected chi connectivity index (χ4v) is 4.52. The van der Waals surface area contributed by atoms with Crippen LogP contribution in [0.3, 0.4) is 0 Å². The molecule has 2 fully saturated rings. The Bertz CT molecular complexity index is 1040. The van der Waals surface area contributed by atoms with Crippen molar-refractivity contribution >= 4 is 23.6 Å². The van der Waals surface area contributed by atoms with Crippen molar-refractivity contribution in [2.75, 3.05) is 31.6 Å². The number of para-hydroxylation sites is 1. The van der Waals surface area contributed by atoms with Gasteiger partial charge in [0.15, 0.2) is 12.2 Å². The zero-order valence-electron chi connectivity index (χ0n) is 18.3. The lowest BCUT2D eigenvalue weighted by Crippen LogP contribution is -2.64. The molecule has 166 valence electrons. The summed E-state index contributed by atoms with van der Waals surface area (Å²) in [7, 11) is 1.73. The van der Waals surface area contributed by atoms with E-state index in [0.29, 0.717) is 13.1 Å². The Balaban J connectivity index is 1.35. The van der Waals surface area contributed by atoms with E-state index >= 15 is 0 Å². The molecule has 0 N–H and O–H groups in total. The van der Waals surface area contributed by atoms with E-state index in [1.54, 1.807) is 11.9 Å². The lowest BCUT2D eigenvalue weighted by atomic mass is 10.1. The Hall–Kier alpha value is -3.55. The van der Waals surface area contributed by atoms with Gasteiger partial charge in [-0.1, -0.05) is 31.5 Å². The molecule has 0 saturated carbocycles. The molecule has 8 heteroatoms. The molecule has 3 heterocycles. The molecule has 2 aromatic rings. The van der Waals surface area contributed by atoms with E-state index < -0.39 is 12.2 Å². The zero-order valence-corrected chi connectivity index (χ0v) is 18.3. The van der Waals surface area contributed by atoms with Gasteiger partial charge >= 0.3 is 6.03 Å². The molecule has 2 atom stereocenters. The fraction of sp³-hybridized carbons (Fsp3) is 0.375. The number of ether oxygens (including phenoxy) is 1. The smallest absolute Gasteiger partial charge is 0.328 e. The minimum Gasteiger partial charge on any atom is -0.457 e. The number of benzene rings is 2. The first-order valence-electron chi connectivity index (χ1n) is 11.1. The summed E-state index contributed by atoms with van der Waals surface area (Å²) in [5.74, 6) is 2.15. The number of imide groups is 1. The molecule has 0 aliphatic carbocycles. The summed E-state index contributed by atoms with van der Waals surface area (Å²) < 4.78 is 5.89. The summed E-state index contributed by atoms with van der Waals surface area (Å²) in [5, 5.41) is 0. The van der Waals surface area contributed by atoms with Gasteiger partial charge in [0.2, 0.25) is 5.96 Å². The van der Waals surface area contributed by atoms with Crippen LogP contribution in [0.5, 0.6) is 11.5 Å². The number of unbranched alkanes of at least 4 members (excludes halogenated alkanes) is 1. The minimum absolute atomic E-state index is 0.140. The number of likely N-dealkylation sites (N-methyl/N-ethyl adjacent to an activating group) is 1. The van der Waals surface area contributed by atoms with Crippen LogP contribution in [-0.2, 0) is 4.79 Å². The van der Waals surface area contributed by atoms with Crippen LogP contribution in [0.2, 0.25) is 0 Å². The highest BCUT2D eigenvalue weighted by atomic mass is 16.5. The lowest BCUT2D eigenvalue weighted by Gasteiger charge is -2.40. The van der Waals surface area contributed by atoms with Gasteiger partial charge in [0.1, 0.15) is 11.5 Å². The standard InChI is InChI=1S/C24H27N5O3/c1-3-4-14-29-22(30)20-21(26(2)24(29)31)25-23-27(15-16-28(20)23)17-10-12-19(13-11-17)32-18-8-6-5-7-9-18/h5-13,20-21H,3-4,14-16H2,1-2H3. The summed E-state index contributed by atoms with van der Waals surface area (Å²) in [4.78, 5) is 37.9. The van der Waals surface area contributed by atoms with Gasteiger partial charge in [0.05, 0.1) is 0 Å². The number of carbonyl (C=O) groups is 2. The van der Waals surface area contributed by atoms with E-state index in [1.165, 1.54) is 4.90 Å². The normalized spacial score (nSPS) is 22.2. The highest BCUT2D eigenvalue weighted by molar-refractivity contribution is 6.08. The van der Waals surface area contributed by atoms with Gasteiger partial charge in [-0.05, 0) is 42.8 Å². The van der Waals surface area contributed by atoms with Gasteiger partial charge in [-0.2, -0.15) is 0 Å². The predicted molar refractivity (Wildman–Crippen MR) is 122 cm³/mol. The number of nitrogens with zero attached hydrogens (tertiary/aromatic N) is 5. The van der Waals surface area contributed by atoms with Crippen LogP contribution >= 0.6 is 0 Å². The monoisotopic (exact) mass is 433 g/mol. The third-order valence-corrected chi connectivity index (χ3v) is 6.24. The Kier molecular flexibility index (Phi) is 5.20. The molecular weight excluding hydrogens is 406 g/mol.